The van der Waals surface area contributed by atoms with E-state index in [0.29, 0.717) is 6.42 Å². The quantitative estimate of drug-likeness (QED) is 0.556. The summed E-state index contributed by atoms with van der Waals surface area (Å²) in [5.41, 5.74) is 0.924. The van der Waals surface area contributed by atoms with Crippen molar-refractivity contribution in [3.8, 4) is 0 Å². The Morgan fingerprint density at radius 3 is 2.53 bits per heavy atom. The molecular formula is C13H16O2. The van der Waals surface area contributed by atoms with Crippen molar-refractivity contribution in [3.63, 3.8) is 0 Å². The Morgan fingerprint density at radius 1 is 1.40 bits per heavy atom. The van der Waals surface area contributed by atoms with Gasteiger partial charge in [-0.05, 0) is 5.56 Å². The van der Waals surface area contributed by atoms with Gasteiger partial charge in [0, 0.05) is 5.41 Å². The highest BCUT2D eigenvalue weighted by Gasteiger charge is 2.24. The summed E-state index contributed by atoms with van der Waals surface area (Å²) in [5, 5.41) is 0. The van der Waals surface area contributed by atoms with Crippen LogP contribution in [0.2, 0.25) is 0 Å². The molecule has 0 N–H and O–H groups in total. The summed E-state index contributed by atoms with van der Waals surface area (Å²) in [6.45, 7) is 7.40. The first-order valence-electron chi connectivity index (χ1n) is 4.92. The van der Waals surface area contributed by atoms with Crippen LogP contribution >= 0.6 is 0 Å². The Labute approximate surface area is 90.6 Å². The van der Waals surface area contributed by atoms with Gasteiger partial charge >= 0.3 is 5.97 Å². The average Bonchev–Trinajstić information content (AvgIpc) is 2.18. The van der Waals surface area contributed by atoms with Crippen molar-refractivity contribution >= 4 is 5.97 Å². The largest absolute Gasteiger partial charge is 0.435 e. The molecule has 1 aromatic rings. The second kappa shape index (κ2) is 4.78. The zero-order valence-corrected chi connectivity index (χ0v) is 9.19. The van der Waals surface area contributed by atoms with Crippen molar-refractivity contribution in [1.82, 2.24) is 0 Å². The molecule has 1 rings (SSSR count). The fourth-order valence-electron chi connectivity index (χ4n) is 1.49. The Kier molecular flexibility index (Phi) is 3.67. The van der Waals surface area contributed by atoms with Gasteiger partial charge in [0.25, 0.3) is 0 Å². The molecule has 0 aromatic heterocycles. The normalized spacial score (nSPS) is 10.8. The molecule has 0 saturated carbocycles. The van der Waals surface area contributed by atoms with E-state index in [1.165, 1.54) is 6.26 Å². The minimum Gasteiger partial charge on any atom is -0.435 e. The van der Waals surface area contributed by atoms with Gasteiger partial charge < -0.3 is 4.74 Å². The van der Waals surface area contributed by atoms with E-state index in [0.717, 1.165) is 5.56 Å². The number of benzene rings is 1. The molecule has 0 amide bonds. The van der Waals surface area contributed by atoms with E-state index >= 15 is 0 Å². The first-order valence-corrected chi connectivity index (χ1v) is 4.92. The monoisotopic (exact) mass is 204 g/mol. The molecule has 0 bridgehead atoms. The maximum Gasteiger partial charge on any atom is 0.311 e. The molecule has 2 heteroatoms. The third-order valence-electron chi connectivity index (χ3n) is 2.36. The number of carbonyl (C=O) groups excluding carboxylic acids is 1. The summed E-state index contributed by atoms with van der Waals surface area (Å²) in [4.78, 5) is 11.3. The molecule has 0 spiro atoms. The molecule has 1 aromatic carbocycles. The van der Waals surface area contributed by atoms with Crippen molar-refractivity contribution in [3.05, 3.63) is 48.7 Å². The SMILES string of the molecule is C=COC(=O)CC(C)(C)c1ccccc1. The summed E-state index contributed by atoms with van der Waals surface area (Å²) in [7, 11) is 0. The van der Waals surface area contributed by atoms with Crippen LogP contribution < -0.4 is 0 Å². The van der Waals surface area contributed by atoms with E-state index in [2.05, 4.69) is 6.58 Å². The van der Waals surface area contributed by atoms with Gasteiger partial charge in [-0.25, -0.2) is 0 Å². The van der Waals surface area contributed by atoms with Gasteiger partial charge in [0.2, 0.25) is 0 Å². The second-order valence-corrected chi connectivity index (χ2v) is 4.08. The third kappa shape index (κ3) is 3.24. The summed E-state index contributed by atoms with van der Waals surface area (Å²) in [6.07, 6.45) is 1.52. The van der Waals surface area contributed by atoms with Crippen molar-refractivity contribution in [1.29, 1.82) is 0 Å². The summed E-state index contributed by atoms with van der Waals surface area (Å²) in [6, 6.07) is 9.93. The molecule has 0 aliphatic heterocycles. The molecule has 0 heterocycles. The van der Waals surface area contributed by atoms with E-state index in [9.17, 15) is 4.79 Å². The Morgan fingerprint density at radius 2 is 2.00 bits per heavy atom. The Hall–Kier alpha value is -1.57. The van der Waals surface area contributed by atoms with E-state index in [1.54, 1.807) is 0 Å². The van der Waals surface area contributed by atoms with Crippen LogP contribution in [-0.2, 0) is 14.9 Å². The van der Waals surface area contributed by atoms with Crippen molar-refractivity contribution in [2.75, 3.05) is 0 Å². The highest BCUT2D eigenvalue weighted by atomic mass is 16.5. The van der Waals surface area contributed by atoms with Crippen molar-refractivity contribution in [2.24, 2.45) is 0 Å². The number of ether oxygens (including phenoxy) is 1. The highest BCUT2D eigenvalue weighted by molar-refractivity contribution is 5.71. The molecule has 0 fully saturated rings. The molecule has 0 unspecified atom stereocenters. The van der Waals surface area contributed by atoms with Crippen LogP contribution in [0.3, 0.4) is 0 Å². The average molecular weight is 204 g/mol. The highest BCUT2D eigenvalue weighted by Crippen LogP contribution is 2.26. The number of hydrogen-bond acceptors (Lipinski definition) is 2. The predicted molar refractivity (Wildman–Crippen MR) is 60.4 cm³/mol. The molecule has 15 heavy (non-hydrogen) atoms. The van der Waals surface area contributed by atoms with Crippen molar-refractivity contribution in [2.45, 2.75) is 25.7 Å². The van der Waals surface area contributed by atoms with Gasteiger partial charge in [-0.15, -0.1) is 0 Å². The number of carbonyl (C=O) groups is 1. The van der Waals surface area contributed by atoms with E-state index in [1.807, 2.05) is 44.2 Å². The summed E-state index contributed by atoms with van der Waals surface area (Å²) < 4.78 is 4.72. The molecule has 0 aliphatic rings. The van der Waals surface area contributed by atoms with Crippen LogP contribution in [0.4, 0.5) is 0 Å². The summed E-state index contributed by atoms with van der Waals surface area (Å²) in [5.74, 6) is -0.251. The Balaban J connectivity index is 2.75. The first-order chi connectivity index (χ1) is 7.06. The van der Waals surface area contributed by atoms with Gasteiger partial charge in [-0.3, -0.25) is 4.79 Å². The van der Waals surface area contributed by atoms with Gasteiger partial charge in [0.1, 0.15) is 0 Å². The molecule has 0 saturated heterocycles. The smallest absolute Gasteiger partial charge is 0.311 e. The standard InChI is InChI=1S/C13H16O2/c1-4-15-12(14)10-13(2,3)11-8-6-5-7-9-11/h4-9H,1,10H2,2-3H3. The van der Waals surface area contributed by atoms with Gasteiger partial charge in [0.15, 0.2) is 0 Å². The summed E-state index contributed by atoms with van der Waals surface area (Å²) >= 11 is 0. The van der Waals surface area contributed by atoms with Crippen LogP contribution in [0.5, 0.6) is 0 Å². The minimum absolute atomic E-state index is 0.207. The molecule has 80 valence electrons. The lowest BCUT2D eigenvalue weighted by molar-refractivity contribution is -0.139. The van der Waals surface area contributed by atoms with Crippen LogP contribution in [0.25, 0.3) is 0 Å². The lowest BCUT2D eigenvalue weighted by atomic mass is 9.82. The zero-order valence-electron chi connectivity index (χ0n) is 9.19. The fraction of sp³-hybridized carbons (Fsp3) is 0.308. The number of rotatable bonds is 4. The zero-order chi connectivity index (χ0) is 11.3. The molecule has 0 atom stereocenters. The molecule has 0 aliphatic carbocycles. The van der Waals surface area contributed by atoms with Crippen LogP contribution in [0.1, 0.15) is 25.8 Å². The second-order valence-electron chi connectivity index (χ2n) is 4.08. The molecular weight excluding hydrogens is 188 g/mol. The third-order valence-corrected chi connectivity index (χ3v) is 2.36. The van der Waals surface area contributed by atoms with E-state index < -0.39 is 0 Å². The van der Waals surface area contributed by atoms with E-state index in [4.69, 9.17) is 4.74 Å². The lowest BCUT2D eigenvalue weighted by Gasteiger charge is -2.23. The maximum atomic E-state index is 11.3. The maximum absolute atomic E-state index is 11.3. The van der Waals surface area contributed by atoms with Gasteiger partial charge in [-0.2, -0.15) is 0 Å². The lowest BCUT2D eigenvalue weighted by Crippen LogP contribution is -2.22. The number of esters is 1. The van der Waals surface area contributed by atoms with Crippen LogP contribution in [0, 0.1) is 0 Å². The van der Waals surface area contributed by atoms with Gasteiger partial charge in [0.05, 0.1) is 12.7 Å². The van der Waals surface area contributed by atoms with Gasteiger partial charge in [-0.1, -0.05) is 50.8 Å². The molecule has 0 radical (unpaired) electrons. The number of hydrogen-bond donors (Lipinski definition) is 0. The predicted octanol–water partition coefficient (Wildman–Crippen LogP) is 3.04. The topological polar surface area (TPSA) is 26.3 Å². The first kappa shape index (κ1) is 11.5. The van der Waals surface area contributed by atoms with E-state index in [-0.39, 0.29) is 11.4 Å². The fourth-order valence-corrected chi connectivity index (χ4v) is 1.49. The van der Waals surface area contributed by atoms with Crippen molar-refractivity contribution < 1.29 is 9.53 Å². The Bertz CT molecular complexity index is 339. The molecule has 2 nitrogen and oxygen atoms in total. The van der Waals surface area contributed by atoms with Crippen LogP contribution in [-0.4, -0.2) is 5.97 Å². The van der Waals surface area contributed by atoms with Crippen LogP contribution in [0.15, 0.2) is 43.2 Å². The minimum atomic E-state index is -0.251.